The third-order valence-electron chi connectivity index (χ3n) is 6.80. The van der Waals surface area contributed by atoms with E-state index < -0.39 is 0 Å². The Morgan fingerprint density at radius 3 is 2.76 bits per heavy atom. The Balaban J connectivity index is 1.52. The first kappa shape index (κ1) is 18.3. The monoisotopic (exact) mass is 383 g/mol. The molecule has 0 saturated carbocycles. The van der Waals surface area contributed by atoms with E-state index in [0.717, 1.165) is 55.2 Å². The third kappa shape index (κ3) is 3.21. The lowest BCUT2D eigenvalue weighted by Gasteiger charge is -2.29. The average Bonchev–Trinajstić information content (AvgIpc) is 2.74. The molecule has 1 atom stereocenters. The van der Waals surface area contributed by atoms with E-state index in [9.17, 15) is 4.39 Å². The van der Waals surface area contributed by atoms with Gasteiger partial charge in [-0.25, -0.2) is 4.39 Å². The van der Waals surface area contributed by atoms with E-state index in [1.165, 1.54) is 17.5 Å². The van der Waals surface area contributed by atoms with Crippen LogP contribution >= 0.6 is 0 Å². The van der Waals surface area contributed by atoms with Crippen molar-refractivity contribution in [1.82, 2.24) is 4.98 Å². The van der Waals surface area contributed by atoms with Crippen LogP contribution in [0, 0.1) is 5.82 Å². The maximum absolute atomic E-state index is 14.9. The Hall–Kier alpha value is -2.74. The molecule has 0 aliphatic heterocycles. The van der Waals surface area contributed by atoms with Gasteiger partial charge >= 0.3 is 0 Å². The van der Waals surface area contributed by atoms with Gasteiger partial charge in [0.05, 0.1) is 5.52 Å². The van der Waals surface area contributed by atoms with Crippen molar-refractivity contribution in [2.45, 2.75) is 50.9 Å². The second-order valence-corrected chi connectivity index (χ2v) is 8.33. The van der Waals surface area contributed by atoms with Gasteiger partial charge in [0.1, 0.15) is 5.82 Å². The summed E-state index contributed by atoms with van der Waals surface area (Å²) in [5.41, 5.74) is 8.96. The molecule has 2 heteroatoms. The van der Waals surface area contributed by atoms with E-state index in [0.29, 0.717) is 11.3 Å². The van der Waals surface area contributed by atoms with Gasteiger partial charge in [0.25, 0.3) is 0 Å². The van der Waals surface area contributed by atoms with Crippen LogP contribution in [-0.4, -0.2) is 4.98 Å². The molecule has 1 aromatic heterocycles. The van der Waals surface area contributed by atoms with Gasteiger partial charge in [-0.2, -0.15) is 0 Å². The summed E-state index contributed by atoms with van der Waals surface area (Å²) < 4.78 is 14.9. The first-order chi connectivity index (χ1) is 14.3. The number of hydrogen-bond acceptors (Lipinski definition) is 1. The van der Waals surface area contributed by atoms with Crippen LogP contribution in [0.3, 0.4) is 0 Å². The number of rotatable bonds is 2. The molecule has 0 radical (unpaired) electrons. The maximum Gasteiger partial charge on any atom is 0.132 e. The molecule has 0 bridgehead atoms. The Morgan fingerprint density at radius 2 is 1.86 bits per heavy atom. The van der Waals surface area contributed by atoms with Crippen molar-refractivity contribution in [3.8, 4) is 0 Å². The lowest BCUT2D eigenvalue weighted by Crippen LogP contribution is -2.11. The lowest BCUT2D eigenvalue weighted by atomic mass is 9.76. The number of nitrogens with zero attached hydrogens (tertiary/aromatic N) is 1. The van der Waals surface area contributed by atoms with Crippen LogP contribution in [0.1, 0.15) is 66.7 Å². The molecule has 1 unspecified atom stereocenters. The predicted molar refractivity (Wildman–Crippen MR) is 119 cm³/mol. The molecular formula is C27H26FN. The van der Waals surface area contributed by atoms with Crippen LogP contribution in [0.25, 0.3) is 22.6 Å². The standard InChI is InChI=1S/C27H26FN/c1-2-18-14-15-25(28)26-24(16-17-29-27(18)26)20-7-5-9-23-21(13-11-20)12-10-19-6-3-4-8-22(19)23/h2-4,6,8,14-17,20H,1,5,7,9-13H2. The number of aromatic nitrogens is 1. The number of pyridine rings is 1. The quantitative estimate of drug-likeness (QED) is 0.447. The smallest absolute Gasteiger partial charge is 0.132 e. The molecule has 2 aliphatic rings. The molecule has 1 heterocycles. The summed E-state index contributed by atoms with van der Waals surface area (Å²) >= 11 is 0. The van der Waals surface area contributed by atoms with Crippen molar-refractivity contribution in [2.75, 3.05) is 0 Å². The van der Waals surface area contributed by atoms with E-state index in [4.69, 9.17) is 0 Å². The van der Waals surface area contributed by atoms with E-state index in [2.05, 4.69) is 35.8 Å². The van der Waals surface area contributed by atoms with Crippen molar-refractivity contribution in [3.63, 3.8) is 0 Å². The Labute approximate surface area is 172 Å². The number of aryl methyl sites for hydroxylation is 1. The molecule has 29 heavy (non-hydrogen) atoms. The Morgan fingerprint density at radius 1 is 0.966 bits per heavy atom. The normalized spacial score (nSPS) is 19.3. The fourth-order valence-corrected chi connectivity index (χ4v) is 5.35. The highest BCUT2D eigenvalue weighted by Crippen LogP contribution is 2.43. The lowest BCUT2D eigenvalue weighted by molar-refractivity contribution is 0.537. The molecule has 0 spiro atoms. The molecule has 146 valence electrons. The number of allylic oxidation sites excluding steroid dienone is 2. The summed E-state index contributed by atoms with van der Waals surface area (Å²) in [5.74, 6) is 0.212. The summed E-state index contributed by atoms with van der Waals surface area (Å²) in [6.07, 6.45) is 11.5. The highest BCUT2D eigenvalue weighted by molar-refractivity contribution is 5.90. The summed E-state index contributed by atoms with van der Waals surface area (Å²) in [4.78, 5) is 4.48. The van der Waals surface area contributed by atoms with Gasteiger partial charge < -0.3 is 0 Å². The fraction of sp³-hybridized carbons (Fsp3) is 0.296. The maximum atomic E-state index is 14.9. The first-order valence-corrected chi connectivity index (χ1v) is 10.7. The van der Waals surface area contributed by atoms with Gasteiger partial charge in [0.2, 0.25) is 0 Å². The average molecular weight is 384 g/mol. The zero-order valence-corrected chi connectivity index (χ0v) is 16.8. The molecule has 0 amide bonds. The minimum absolute atomic E-state index is 0.165. The summed E-state index contributed by atoms with van der Waals surface area (Å²) in [7, 11) is 0. The van der Waals surface area contributed by atoms with Gasteiger partial charge in [-0.05, 0) is 91.3 Å². The summed E-state index contributed by atoms with van der Waals surface area (Å²) in [6, 6.07) is 14.3. The summed E-state index contributed by atoms with van der Waals surface area (Å²) in [5, 5.41) is 0.693. The largest absolute Gasteiger partial charge is 0.256 e. The predicted octanol–water partition coefficient (Wildman–Crippen LogP) is 7.46. The Bertz CT molecular complexity index is 1120. The summed E-state index contributed by atoms with van der Waals surface area (Å²) in [6.45, 7) is 3.88. The SMILES string of the molecule is C=Cc1ccc(F)c2c(C3CCCC4=C(CCc5ccccc54)CC3)ccnc12. The second kappa shape index (κ2) is 7.59. The topological polar surface area (TPSA) is 12.9 Å². The molecule has 2 aliphatic carbocycles. The minimum atomic E-state index is -0.165. The fourth-order valence-electron chi connectivity index (χ4n) is 5.35. The molecule has 0 saturated heterocycles. The highest BCUT2D eigenvalue weighted by atomic mass is 19.1. The van der Waals surface area contributed by atoms with E-state index in [-0.39, 0.29) is 5.82 Å². The third-order valence-corrected chi connectivity index (χ3v) is 6.80. The number of halogens is 1. The van der Waals surface area contributed by atoms with Gasteiger partial charge in [-0.3, -0.25) is 4.98 Å². The number of fused-ring (bicyclic) bond motifs is 3. The molecule has 3 aromatic rings. The second-order valence-electron chi connectivity index (χ2n) is 8.33. The molecule has 1 nitrogen and oxygen atoms in total. The van der Waals surface area contributed by atoms with Crippen molar-refractivity contribution < 1.29 is 4.39 Å². The van der Waals surface area contributed by atoms with Crippen LogP contribution in [0.4, 0.5) is 4.39 Å². The minimum Gasteiger partial charge on any atom is -0.256 e. The van der Waals surface area contributed by atoms with Gasteiger partial charge in [0, 0.05) is 17.1 Å². The Kier molecular flexibility index (Phi) is 4.79. The molecule has 5 rings (SSSR count). The van der Waals surface area contributed by atoms with Crippen LogP contribution in [0.5, 0.6) is 0 Å². The van der Waals surface area contributed by atoms with E-state index in [1.54, 1.807) is 29.4 Å². The zero-order valence-electron chi connectivity index (χ0n) is 16.8. The van der Waals surface area contributed by atoms with Crippen LogP contribution in [0.15, 0.2) is 60.8 Å². The number of hydrogen-bond donors (Lipinski definition) is 0. The molecular weight excluding hydrogens is 357 g/mol. The molecule has 0 fully saturated rings. The van der Waals surface area contributed by atoms with Crippen molar-refractivity contribution in [3.05, 3.63) is 88.9 Å². The number of benzene rings is 2. The van der Waals surface area contributed by atoms with Crippen LogP contribution in [0.2, 0.25) is 0 Å². The van der Waals surface area contributed by atoms with Gasteiger partial charge in [-0.1, -0.05) is 42.5 Å². The van der Waals surface area contributed by atoms with Gasteiger partial charge in [-0.15, -0.1) is 0 Å². The van der Waals surface area contributed by atoms with Crippen molar-refractivity contribution in [2.24, 2.45) is 0 Å². The molecule has 0 N–H and O–H groups in total. The van der Waals surface area contributed by atoms with Crippen molar-refractivity contribution in [1.29, 1.82) is 0 Å². The van der Waals surface area contributed by atoms with Crippen LogP contribution in [-0.2, 0) is 6.42 Å². The zero-order chi connectivity index (χ0) is 19.8. The first-order valence-electron chi connectivity index (χ1n) is 10.7. The van der Waals surface area contributed by atoms with Crippen LogP contribution < -0.4 is 0 Å². The van der Waals surface area contributed by atoms with E-state index in [1.807, 2.05) is 12.3 Å². The highest BCUT2D eigenvalue weighted by Gasteiger charge is 2.24. The van der Waals surface area contributed by atoms with Gasteiger partial charge in [0.15, 0.2) is 0 Å². The molecule has 2 aromatic carbocycles. The van der Waals surface area contributed by atoms with E-state index >= 15 is 0 Å². The van der Waals surface area contributed by atoms with Crippen molar-refractivity contribution >= 4 is 22.6 Å².